The molecule has 0 aliphatic heterocycles. The minimum atomic E-state index is 0.765. The van der Waals surface area contributed by atoms with Crippen molar-refractivity contribution in [1.82, 2.24) is 9.80 Å². The molecule has 0 unspecified atom stereocenters. The summed E-state index contributed by atoms with van der Waals surface area (Å²) in [4.78, 5) is 4.55. The summed E-state index contributed by atoms with van der Waals surface area (Å²) < 4.78 is 0. The van der Waals surface area contributed by atoms with E-state index in [4.69, 9.17) is 5.73 Å². The molecule has 0 rings (SSSR count). The van der Waals surface area contributed by atoms with Gasteiger partial charge in [0, 0.05) is 26.2 Å². The molecule has 0 saturated heterocycles. The van der Waals surface area contributed by atoms with Gasteiger partial charge in [-0.3, -0.25) is 0 Å². The number of rotatable bonds is 6. The molecule has 0 spiro atoms. The first-order chi connectivity index (χ1) is 5.20. The van der Waals surface area contributed by atoms with Gasteiger partial charge in [0.25, 0.3) is 0 Å². The molecule has 0 aliphatic carbocycles. The summed E-state index contributed by atoms with van der Waals surface area (Å²) in [7, 11) is 4.19. The Labute approximate surface area is 70.2 Å². The Morgan fingerprint density at radius 2 is 1.73 bits per heavy atom. The lowest BCUT2D eigenvalue weighted by Gasteiger charge is -2.21. The van der Waals surface area contributed by atoms with E-state index in [1.807, 2.05) is 0 Å². The molecule has 0 saturated carbocycles. The summed E-state index contributed by atoms with van der Waals surface area (Å²) in [6.45, 7) is 7.30. The first-order valence-corrected chi connectivity index (χ1v) is 4.27. The Morgan fingerprint density at radius 3 is 2.09 bits per heavy atom. The molecular formula is C8H21N3. The fourth-order valence-electron chi connectivity index (χ4n) is 0.952. The van der Waals surface area contributed by atoms with Crippen LogP contribution in [0.1, 0.15) is 6.92 Å². The van der Waals surface area contributed by atoms with E-state index in [9.17, 15) is 0 Å². The zero-order chi connectivity index (χ0) is 8.69. The standard InChI is InChI=1S/C8H21N3/c1-4-11(6-5-9)8-7-10(2)3/h4-9H2,1-3H3. The molecule has 0 aromatic carbocycles. The van der Waals surface area contributed by atoms with Gasteiger partial charge in [0.2, 0.25) is 0 Å². The van der Waals surface area contributed by atoms with Crippen LogP contribution in [-0.2, 0) is 0 Å². The normalized spacial score (nSPS) is 11.5. The van der Waals surface area contributed by atoms with Crippen molar-refractivity contribution in [2.24, 2.45) is 5.73 Å². The highest BCUT2D eigenvalue weighted by molar-refractivity contribution is 4.57. The molecule has 0 aromatic heterocycles. The first kappa shape index (κ1) is 10.9. The highest BCUT2D eigenvalue weighted by Crippen LogP contribution is 1.86. The van der Waals surface area contributed by atoms with Crippen molar-refractivity contribution in [3.63, 3.8) is 0 Å². The van der Waals surface area contributed by atoms with Crippen LogP contribution >= 0.6 is 0 Å². The quantitative estimate of drug-likeness (QED) is 0.584. The van der Waals surface area contributed by atoms with E-state index in [2.05, 4.69) is 30.8 Å². The van der Waals surface area contributed by atoms with Crippen molar-refractivity contribution in [1.29, 1.82) is 0 Å². The molecule has 2 N–H and O–H groups in total. The fraction of sp³-hybridized carbons (Fsp3) is 1.00. The van der Waals surface area contributed by atoms with Gasteiger partial charge in [-0.05, 0) is 20.6 Å². The predicted octanol–water partition coefficient (Wildman–Crippen LogP) is -0.171. The second-order valence-electron chi connectivity index (χ2n) is 3.03. The lowest BCUT2D eigenvalue weighted by atomic mass is 10.4. The van der Waals surface area contributed by atoms with Gasteiger partial charge < -0.3 is 15.5 Å². The molecule has 0 heterocycles. The van der Waals surface area contributed by atoms with Gasteiger partial charge in [-0.2, -0.15) is 0 Å². The second kappa shape index (κ2) is 6.58. The maximum absolute atomic E-state index is 5.46. The molecule has 0 atom stereocenters. The van der Waals surface area contributed by atoms with Gasteiger partial charge in [-0.1, -0.05) is 6.92 Å². The number of hydrogen-bond donors (Lipinski definition) is 1. The van der Waals surface area contributed by atoms with Crippen molar-refractivity contribution in [3.8, 4) is 0 Å². The molecule has 3 heteroatoms. The summed E-state index contributed by atoms with van der Waals surface area (Å²) in [5.41, 5.74) is 5.46. The molecule has 68 valence electrons. The first-order valence-electron chi connectivity index (χ1n) is 4.27. The lowest BCUT2D eigenvalue weighted by Crippen LogP contribution is -2.35. The smallest absolute Gasteiger partial charge is 0.0110 e. The maximum Gasteiger partial charge on any atom is 0.0110 e. The molecule has 3 nitrogen and oxygen atoms in total. The van der Waals surface area contributed by atoms with Crippen LogP contribution in [-0.4, -0.2) is 56.6 Å². The van der Waals surface area contributed by atoms with Crippen LogP contribution in [0.5, 0.6) is 0 Å². The number of likely N-dealkylation sites (N-methyl/N-ethyl adjacent to an activating group) is 2. The summed E-state index contributed by atoms with van der Waals surface area (Å²) in [6, 6.07) is 0. The molecular weight excluding hydrogens is 138 g/mol. The molecule has 0 fully saturated rings. The Morgan fingerprint density at radius 1 is 1.09 bits per heavy atom. The van der Waals surface area contributed by atoms with E-state index in [-0.39, 0.29) is 0 Å². The second-order valence-corrected chi connectivity index (χ2v) is 3.03. The van der Waals surface area contributed by atoms with Crippen LogP contribution < -0.4 is 5.73 Å². The fourth-order valence-corrected chi connectivity index (χ4v) is 0.952. The minimum Gasteiger partial charge on any atom is -0.329 e. The Balaban J connectivity index is 3.35. The van der Waals surface area contributed by atoms with Crippen molar-refractivity contribution in [2.75, 3.05) is 46.8 Å². The van der Waals surface area contributed by atoms with Gasteiger partial charge >= 0.3 is 0 Å². The maximum atomic E-state index is 5.46. The molecule has 0 radical (unpaired) electrons. The van der Waals surface area contributed by atoms with Crippen LogP contribution in [0.2, 0.25) is 0 Å². The number of nitrogens with zero attached hydrogens (tertiary/aromatic N) is 2. The largest absolute Gasteiger partial charge is 0.329 e. The molecule has 0 bridgehead atoms. The zero-order valence-corrected chi connectivity index (χ0v) is 8.01. The summed E-state index contributed by atoms with van der Waals surface area (Å²) in [6.07, 6.45) is 0. The van der Waals surface area contributed by atoms with E-state index >= 15 is 0 Å². The van der Waals surface area contributed by atoms with Gasteiger partial charge in [0.15, 0.2) is 0 Å². The summed E-state index contributed by atoms with van der Waals surface area (Å²) in [5.74, 6) is 0. The third-order valence-corrected chi connectivity index (χ3v) is 1.76. The van der Waals surface area contributed by atoms with Gasteiger partial charge in [-0.25, -0.2) is 0 Å². The van der Waals surface area contributed by atoms with Crippen molar-refractivity contribution >= 4 is 0 Å². The van der Waals surface area contributed by atoms with Crippen LogP contribution in [0.4, 0.5) is 0 Å². The van der Waals surface area contributed by atoms with Gasteiger partial charge in [-0.15, -0.1) is 0 Å². The van der Waals surface area contributed by atoms with E-state index in [1.165, 1.54) is 0 Å². The van der Waals surface area contributed by atoms with Crippen LogP contribution in [0.25, 0.3) is 0 Å². The third-order valence-electron chi connectivity index (χ3n) is 1.76. The lowest BCUT2D eigenvalue weighted by molar-refractivity contribution is 0.256. The monoisotopic (exact) mass is 159 g/mol. The topological polar surface area (TPSA) is 32.5 Å². The average Bonchev–Trinajstić information content (AvgIpc) is 1.97. The van der Waals surface area contributed by atoms with Crippen LogP contribution in [0.3, 0.4) is 0 Å². The van der Waals surface area contributed by atoms with Gasteiger partial charge in [0.1, 0.15) is 0 Å². The molecule has 0 aliphatic rings. The third kappa shape index (κ3) is 6.28. The number of nitrogens with two attached hydrogens (primary N) is 1. The van der Waals surface area contributed by atoms with E-state index in [0.29, 0.717) is 0 Å². The van der Waals surface area contributed by atoms with Crippen molar-refractivity contribution < 1.29 is 0 Å². The van der Waals surface area contributed by atoms with Crippen LogP contribution in [0.15, 0.2) is 0 Å². The van der Waals surface area contributed by atoms with Crippen LogP contribution in [0, 0.1) is 0 Å². The highest BCUT2D eigenvalue weighted by Gasteiger charge is 1.99. The zero-order valence-electron chi connectivity index (χ0n) is 8.01. The Kier molecular flexibility index (Phi) is 6.51. The van der Waals surface area contributed by atoms with E-state index < -0.39 is 0 Å². The predicted molar refractivity (Wildman–Crippen MR) is 49.7 cm³/mol. The Bertz CT molecular complexity index is 83.4. The summed E-state index contributed by atoms with van der Waals surface area (Å²) in [5, 5.41) is 0. The molecule has 11 heavy (non-hydrogen) atoms. The van der Waals surface area contributed by atoms with E-state index in [1.54, 1.807) is 0 Å². The van der Waals surface area contributed by atoms with E-state index in [0.717, 1.165) is 32.7 Å². The SMILES string of the molecule is CCN(CCN)CCN(C)C. The molecule has 0 aromatic rings. The van der Waals surface area contributed by atoms with Crippen molar-refractivity contribution in [3.05, 3.63) is 0 Å². The molecule has 0 amide bonds. The average molecular weight is 159 g/mol. The number of hydrogen-bond acceptors (Lipinski definition) is 3. The van der Waals surface area contributed by atoms with Gasteiger partial charge in [0.05, 0.1) is 0 Å². The summed E-state index contributed by atoms with van der Waals surface area (Å²) >= 11 is 0. The highest BCUT2D eigenvalue weighted by atomic mass is 15.2. The Hall–Kier alpha value is -0.120. The minimum absolute atomic E-state index is 0.765. The van der Waals surface area contributed by atoms with Crippen molar-refractivity contribution in [2.45, 2.75) is 6.92 Å².